The van der Waals surface area contributed by atoms with Crippen LogP contribution in [0.4, 0.5) is 30.2 Å². The highest BCUT2D eigenvalue weighted by molar-refractivity contribution is 5.87. The van der Waals surface area contributed by atoms with Crippen LogP contribution in [0.3, 0.4) is 0 Å². The van der Waals surface area contributed by atoms with Crippen molar-refractivity contribution in [1.29, 1.82) is 0 Å². The number of hydrogen-bond donors (Lipinski definition) is 1. The van der Waals surface area contributed by atoms with Gasteiger partial charge in [-0.15, -0.1) is 0 Å². The van der Waals surface area contributed by atoms with Crippen molar-refractivity contribution < 1.29 is 27.6 Å². The smallest absolute Gasteiger partial charge is 0.416 e. The highest BCUT2D eigenvalue weighted by atomic mass is 19.4. The molecule has 1 aliphatic heterocycles. The molecule has 0 aliphatic carbocycles. The summed E-state index contributed by atoms with van der Waals surface area (Å²) in [6.07, 6.45) is -1.15. The van der Waals surface area contributed by atoms with Crippen LogP contribution in [0.5, 0.6) is 11.5 Å². The van der Waals surface area contributed by atoms with Crippen LogP contribution < -0.4 is 19.8 Å². The van der Waals surface area contributed by atoms with Crippen LogP contribution in [0.2, 0.25) is 0 Å². The number of nitro benzene ring substituents is 1. The predicted molar refractivity (Wildman–Crippen MR) is 110 cm³/mol. The summed E-state index contributed by atoms with van der Waals surface area (Å²) in [4.78, 5) is 12.5. The zero-order chi connectivity index (χ0) is 22.6. The van der Waals surface area contributed by atoms with Crippen molar-refractivity contribution in [3.8, 4) is 11.5 Å². The molecule has 31 heavy (non-hydrogen) atoms. The number of alkyl halides is 3. The largest absolute Gasteiger partial charge is 0.496 e. The zero-order valence-electron chi connectivity index (χ0n) is 16.9. The lowest BCUT2D eigenvalue weighted by Gasteiger charge is -2.22. The van der Waals surface area contributed by atoms with E-state index in [-0.39, 0.29) is 5.69 Å². The van der Waals surface area contributed by atoms with E-state index in [1.54, 1.807) is 13.2 Å². The monoisotopic (exact) mass is 438 g/mol. The molecule has 1 saturated heterocycles. The number of nitrogens with zero attached hydrogens (tertiary/aromatic N) is 3. The van der Waals surface area contributed by atoms with E-state index in [9.17, 15) is 23.3 Å². The van der Waals surface area contributed by atoms with Crippen molar-refractivity contribution in [3.05, 3.63) is 51.6 Å². The molecule has 0 aromatic heterocycles. The minimum Gasteiger partial charge on any atom is -0.496 e. The molecule has 11 heteroatoms. The van der Waals surface area contributed by atoms with Crippen LogP contribution in [0, 0.1) is 10.1 Å². The SMILES string of the molecule is COc1cc(N2CCCC2)c(OC)cc1/C=N/Nc1ccc(C(F)(F)F)cc1[N+](=O)[O-]. The Balaban J connectivity index is 1.87. The first-order chi connectivity index (χ1) is 14.7. The molecule has 1 heterocycles. The van der Waals surface area contributed by atoms with Gasteiger partial charge in [-0.05, 0) is 31.0 Å². The third-order valence-corrected chi connectivity index (χ3v) is 4.89. The van der Waals surface area contributed by atoms with E-state index in [0.717, 1.165) is 43.8 Å². The summed E-state index contributed by atoms with van der Waals surface area (Å²) < 4.78 is 49.4. The molecule has 0 spiro atoms. The Morgan fingerprint density at radius 2 is 1.81 bits per heavy atom. The quantitative estimate of drug-likeness (QED) is 0.384. The fourth-order valence-corrected chi connectivity index (χ4v) is 3.34. The van der Waals surface area contributed by atoms with Gasteiger partial charge < -0.3 is 14.4 Å². The van der Waals surface area contributed by atoms with Gasteiger partial charge in [0.1, 0.15) is 17.2 Å². The summed E-state index contributed by atoms with van der Waals surface area (Å²) in [6.45, 7) is 1.82. The van der Waals surface area contributed by atoms with Gasteiger partial charge in [0.2, 0.25) is 0 Å². The lowest BCUT2D eigenvalue weighted by molar-refractivity contribution is -0.384. The Kier molecular flexibility index (Phi) is 6.52. The molecule has 8 nitrogen and oxygen atoms in total. The van der Waals surface area contributed by atoms with Crippen molar-refractivity contribution in [2.24, 2.45) is 5.10 Å². The van der Waals surface area contributed by atoms with Gasteiger partial charge in [0.25, 0.3) is 5.69 Å². The molecule has 2 aromatic rings. The van der Waals surface area contributed by atoms with Crippen LogP contribution in [0.15, 0.2) is 35.4 Å². The van der Waals surface area contributed by atoms with Crippen LogP contribution in [0.1, 0.15) is 24.0 Å². The highest BCUT2D eigenvalue weighted by Crippen LogP contribution is 2.37. The second-order valence-electron chi connectivity index (χ2n) is 6.82. The zero-order valence-corrected chi connectivity index (χ0v) is 16.9. The number of anilines is 2. The van der Waals surface area contributed by atoms with Crippen LogP contribution in [0.25, 0.3) is 0 Å². The van der Waals surface area contributed by atoms with Gasteiger partial charge in [-0.1, -0.05) is 0 Å². The summed E-state index contributed by atoms with van der Waals surface area (Å²) in [7, 11) is 3.05. The third-order valence-electron chi connectivity index (χ3n) is 4.89. The topological polar surface area (TPSA) is 89.2 Å². The first-order valence-corrected chi connectivity index (χ1v) is 9.40. The lowest BCUT2D eigenvalue weighted by atomic mass is 10.1. The summed E-state index contributed by atoms with van der Waals surface area (Å²) in [5, 5.41) is 15.1. The predicted octanol–water partition coefficient (Wildman–Crippen LogP) is 4.68. The van der Waals surface area contributed by atoms with Crippen molar-refractivity contribution in [1.82, 2.24) is 0 Å². The number of rotatable bonds is 7. The number of nitro groups is 1. The summed E-state index contributed by atoms with van der Waals surface area (Å²) in [6, 6.07) is 5.73. The highest BCUT2D eigenvalue weighted by Gasteiger charge is 2.33. The molecule has 0 radical (unpaired) electrons. The van der Waals surface area contributed by atoms with Gasteiger partial charge in [-0.3, -0.25) is 15.5 Å². The van der Waals surface area contributed by atoms with Crippen molar-refractivity contribution in [2.45, 2.75) is 19.0 Å². The lowest BCUT2D eigenvalue weighted by Crippen LogP contribution is -2.18. The minimum absolute atomic E-state index is 0.172. The van der Waals surface area contributed by atoms with E-state index in [2.05, 4.69) is 15.4 Å². The molecule has 166 valence electrons. The molecule has 0 unspecified atom stereocenters. The molecule has 3 rings (SSSR count). The second kappa shape index (κ2) is 9.11. The molecule has 1 aliphatic rings. The number of methoxy groups -OCH3 is 2. The van der Waals surface area contributed by atoms with Crippen LogP contribution >= 0.6 is 0 Å². The summed E-state index contributed by atoms with van der Waals surface area (Å²) in [5.74, 6) is 1.12. The second-order valence-corrected chi connectivity index (χ2v) is 6.82. The Hall–Kier alpha value is -3.50. The van der Waals surface area contributed by atoms with E-state index in [4.69, 9.17) is 9.47 Å². The average molecular weight is 438 g/mol. The van der Waals surface area contributed by atoms with E-state index in [0.29, 0.717) is 23.1 Å². The molecule has 0 bridgehead atoms. The first-order valence-electron chi connectivity index (χ1n) is 9.40. The number of hydrogen-bond acceptors (Lipinski definition) is 7. The van der Waals surface area contributed by atoms with Crippen molar-refractivity contribution in [3.63, 3.8) is 0 Å². The fraction of sp³-hybridized carbons (Fsp3) is 0.350. The van der Waals surface area contributed by atoms with E-state index in [1.807, 2.05) is 6.07 Å². The third kappa shape index (κ3) is 4.98. The Bertz CT molecular complexity index is 989. The van der Waals surface area contributed by atoms with E-state index >= 15 is 0 Å². The Morgan fingerprint density at radius 1 is 1.13 bits per heavy atom. The van der Waals surface area contributed by atoms with Crippen molar-refractivity contribution in [2.75, 3.05) is 37.6 Å². The van der Waals surface area contributed by atoms with Crippen LogP contribution in [-0.4, -0.2) is 38.4 Å². The maximum absolute atomic E-state index is 12.8. The Labute approximate surface area is 176 Å². The summed E-state index contributed by atoms with van der Waals surface area (Å²) in [5.41, 5.74) is 1.83. The maximum Gasteiger partial charge on any atom is 0.416 e. The Morgan fingerprint density at radius 3 is 2.39 bits per heavy atom. The first kappa shape index (κ1) is 22.2. The van der Waals surface area contributed by atoms with Gasteiger partial charge in [-0.2, -0.15) is 18.3 Å². The van der Waals surface area contributed by atoms with E-state index < -0.39 is 22.4 Å². The number of hydrazone groups is 1. The summed E-state index contributed by atoms with van der Waals surface area (Å²) >= 11 is 0. The molecule has 1 N–H and O–H groups in total. The van der Waals surface area contributed by atoms with Crippen molar-refractivity contribution >= 4 is 23.3 Å². The molecular weight excluding hydrogens is 417 g/mol. The van der Waals surface area contributed by atoms with E-state index in [1.165, 1.54) is 13.3 Å². The standard InChI is InChI=1S/C20H21F3N4O4/c1-30-18-11-17(26-7-3-4-8-26)19(31-2)9-13(18)12-24-25-15-6-5-14(20(21,22)23)10-16(15)27(28)29/h5-6,9-12,25H,3-4,7-8H2,1-2H3/b24-12+. The molecule has 0 amide bonds. The normalized spacial score (nSPS) is 14.2. The molecule has 2 aromatic carbocycles. The van der Waals surface area contributed by atoms with Gasteiger partial charge in [0, 0.05) is 30.8 Å². The minimum atomic E-state index is -4.69. The maximum atomic E-state index is 12.8. The number of benzene rings is 2. The molecular formula is C20H21F3N4O4. The van der Waals surface area contributed by atoms with Gasteiger partial charge >= 0.3 is 6.18 Å². The van der Waals surface area contributed by atoms with Gasteiger partial charge in [-0.25, -0.2) is 0 Å². The fourth-order valence-electron chi connectivity index (χ4n) is 3.34. The van der Waals surface area contributed by atoms with Gasteiger partial charge in [0.15, 0.2) is 0 Å². The number of halogens is 3. The number of nitrogens with one attached hydrogen (secondary N) is 1. The average Bonchev–Trinajstić information content (AvgIpc) is 3.27. The van der Waals surface area contributed by atoms with Gasteiger partial charge in [0.05, 0.1) is 36.6 Å². The molecule has 0 atom stereocenters. The van der Waals surface area contributed by atoms with Crippen LogP contribution in [-0.2, 0) is 6.18 Å². The number of ether oxygens (including phenoxy) is 2. The molecule has 0 saturated carbocycles. The molecule has 1 fully saturated rings.